The van der Waals surface area contributed by atoms with Gasteiger partial charge in [-0.2, -0.15) is 0 Å². The lowest BCUT2D eigenvalue weighted by atomic mass is 9.78. The van der Waals surface area contributed by atoms with Crippen molar-refractivity contribution in [2.45, 2.75) is 31.1 Å². The fourth-order valence-corrected chi connectivity index (χ4v) is 3.86. The summed E-state index contributed by atoms with van der Waals surface area (Å²) in [4.78, 5) is 1.48. The zero-order chi connectivity index (χ0) is 12.4. The summed E-state index contributed by atoms with van der Waals surface area (Å²) < 4.78 is 0. The molecule has 1 aromatic heterocycles. The monoisotopic (exact) mass is 257 g/mol. The van der Waals surface area contributed by atoms with Crippen molar-refractivity contribution in [1.82, 2.24) is 0 Å². The van der Waals surface area contributed by atoms with Crippen LogP contribution in [0.3, 0.4) is 0 Å². The molecule has 2 aromatic rings. The Morgan fingerprint density at radius 3 is 2.83 bits per heavy atom. The Kier molecular flexibility index (Phi) is 3.23. The van der Waals surface area contributed by atoms with Crippen molar-refractivity contribution in [2.75, 3.05) is 6.54 Å². The summed E-state index contributed by atoms with van der Waals surface area (Å²) in [5.74, 6) is 0. The summed E-state index contributed by atoms with van der Waals surface area (Å²) >= 11 is 1.86. The second-order valence-electron chi connectivity index (χ2n) is 5.22. The molecule has 94 valence electrons. The van der Waals surface area contributed by atoms with Crippen LogP contribution in [0, 0.1) is 0 Å². The second kappa shape index (κ2) is 4.87. The van der Waals surface area contributed by atoms with Gasteiger partial charge in [0.15, 0.2) is 0 Å². The van der Waals surface area contributed by atoms with Crippen molar-refractivity contribution >= 4 is 11.3 Å². The molecule has 1 aliphatic carbocycles. The van der Waals surface area contributed by atoms with Gasteiger partial charge in [-0.1, -0.05) is 30.3 Å². The van der Waals surface area contributed by atoms with Crippen molar-refractivity contribution in [1.29, 1.82) is 0 Å². The van der Waals surface area contributed by atoms with Gasteiger partial charge in [0, 0.05) is 16.8 Å². The smallest absolute Gasteiger partial charge is 0.00848 e. The zero-order valence-corrected chi connectivity index (χ0v) is 11.4. The van der Waals surface area contributed by atoms with Crippen molar-refractivity contribution in [2.24, 2.45) is 5.73 Å². The van der Waals surface area contributed by atoms with E-state index in [1.165, 1.54) is 35.3 Å². The van der Waals surface area contributed by atoms with Crippen molar-refractivity contribution < 1.29 is 0 Å². The molecule has 0 spiro atoms. The number of hydrogen-bond donors (Lipinski definition) is 1. The van der Waals surface area contributed by atoms with Gasteiger partial charge in [0.05, 0.1) is 0 Å². The van der Waals surface area contributed by atoms with Gasteiger partial charge < -0.3 is 5.73 Å². The van der Waals surface area contributed by atoms with Crippen LogP contribution in [0.1, 0.15) is 28.8 Å². The van der Waals surface area contributed by atoms with Crippen LogP contribution in [0.25, 0.3) is 0 Å². The van der Waals surface area contributed by atoms with Gasteiger partial charge in [-0.25, -0.2) is 0 Å². The molecule has 1 nitrogen and oxygen atoms in total. The summed E-state index contributed by atoms with van der Waals surface area (Å²) in [5, 5.41) is 2.16. The van der Waals surface area contributed by atoms with E-state index in [1.54, 1.807) is 0 Å². The van der Waals surface area contributed by atoms with Gasteiger partial charge in [0.25, 0.3) is 0 Å². The van der Waals surface area contributed by atoms with Crippen LogP contribution in [-0.2, 0) is 18.3 Å². The largest absolute Gasteiger partial charge is 0.330 e. The Labute approximate surface area is 113 Å². The minimum atomic E-state index is 0.223. The van der Waals surface area contributed by atoms with Crippen LogP contribution < -0.4 is 5.73 Å². The van der Waals surface area contributed by atoms with E-state index in [0.29, 0.717) is 0 Å². The molecule has 3 rings (SSSR count). The van der Waals surface area contributed by atoms with Crippen LogP contribution in [0.4, 0.5) is 0 Å². The first-order valence-electron chi connectivity index (χ1n) is 6.65. The minimum absolute atomic E-state index is 0.223. The Balaban J connectivity index is 1.83. The van der Waals surface area contributed by atoms with Gasteiger partial charge in [-0.15, -0.1) is 11.3 Å². The summed E-state index contributed by atoms with van der Waals surface area (Å²) in [6.07, 6.45) is 4.75. The summed E-state index contributed by atoms with van der Waals surface area (Å²) in [7, 11) is 0. The molecule has 2 heteroatoms. The van der Waals surface area contributed by atoms with Crippen LogP contribution in [0.15, 0.2) is 41.8 Å². The molecular weight excluding hydrogens is 238 g/mol. The highest BCUT2D eigenvalue weighted by atomic mass is 32.1. The zero-order valence-electron chi connectivity index (χ0n) is 10.6. The number of nitrogens with two attached hydrogens (primary N) is 1. The Bertz CT molecular complexity index is 518. The van der Waals surface area contributed by atoms with E-state index in [2.05, 4.69) is 41.8 Å². The molecule has 0 saturated carbocycles. The van der Waals surface area contributed by atoms with E-state index in [0.717, 1.165) is 13.0 Å². The number of fused-ring (bicyclic) bond motifs is 1. The quantitative estimate of drug-likeness (QED) is 0.891. The van der Waals surface area contributed by atoms with Crippen LogP contribution >= 0.6 is 11.3 Å². The molecule has 0 aliphatic heterocycles. The van der Waals surface area contributed by atoms with E-state index < -0.39 is 0 Å². The molecule has 1 atom stereocenters. The Hall–Kier alpha value is -1.12. The van der Waals surface area contributed by atoms with Crippen molar-refractivity contribution in [3.05, 3.63) is 57.8 Å². The number of benzene rings is 1. The maximum absolute atomic E-state index is 6.13. The van der Waals surface area contributed by atoms with E-state index in [1.807, 2.05) is 11.3 Å². The SMILES string of the molecule is NCC1(CCc2cccs2)CCc2ccccc21. The maximum Gasteiger partial charge on any atom is 0.00848 e. The molecule has 0 fully saturated rings. The highest BCUT2D eigenvalue weighted by Crippen LogP contribution is 2.41. The third kappa shape index (κ3) is 2.00. The first-order valence-corrected chi connectivity index (χ1v) is 7.53. The molecule has 1 aromatic carbocycles. The van der Waals surface area contributed by atoms with Gasteiger partial charge in [0.1, 0.15) is 0 Å². The number of hydrogen-bond acceptors (Lipinski definition) is 2. The fraction of sp³-hybridized carbons (Fsp3) is 0.375. The maximum atomic E-state index is 6.13. The van der Waals surface area contributed by atoms with Crippen LogP contribution in [0.5, 0.6) is 0 Å². The fourth-order valence-electron chi connectivity index (χ4n) is 3.16. The Morgan fingerprint density at radius 1 is 1.17 bits per heavy atom. The molecule has 0 bridgehead atoms. The number of aryl methyl sites for hydroxylation is 2. The average molecular weight is 257 g/mol. The second-order valence-corrected chi connectivity index (χ2v) is 6.25. The van der Waals surface area contributed by atoms with Crippen molar-refractivity contribution in [3.63, 3.8) is 0 Å². The third-order valence-corrected chi connectivity index (χ3v) is 5.22. The van der Waals surface area contributed by atoms with Crippen LogP contribution in [0.2, 0.25) is 0 Å². The lowest BCUT2D eigenvalue weighted by Crippen LogP contribution is -2.33. The molecule has 0 radical (unpaired) electrons. The molecule has 0 saturated heterocycles. The topological polar surface area (TPSA) is 26.0 Å². The Morgan fingerprint density at radius 2 is 2.06 bits per heavy atom. The highest BCUT2D eigenvalue weighted by molar-refractivity contribution is 7.09. The number of thiophene rings is 1. The average Bonchev–Trinajstić information content (AvgIpc) is 3.05. The van der Waals surface area contributed by atoms with E-state index in [9.17, 15) is 0 Å². The van der Waals surface area contributed by atoms with E-state index in [-0.39, 0.29) is 5.41 Å². The normalized spacial score (nSPS) is 22.1. The van der Waals surface area contributed by atoms with Gasteiger partial charge in [-0.3, -0.25) is 0 Å². The molecule has 1 unspecified atom stereocenters. The van der Waals surface area contributed by atoms with Crippen molar-refractivity contribution in [3.8, 4) is 0 Å². The first-order chi connectivity index (χ1) is 8.84. The molecule has 18 heavy (non-hydrogen) atoms. The molecular formula is C16H19NS. The predicted molar refractivity (Wildman–Crippen MR) is 78.1 cm³/mol. The summed E-state index contributed by atoms with van der Waals surface area (Å²) in [5.41, 5.74) is 9.36. The number of rotatable bonds is 4. The minimum Gasteiger partial charge on any atom is -0.330 e. The molecule has 1 aliphatic rings. The van der Waals surface area contributed by atoms with Gasteiger partial charge in [-0.05, 0) is 48.3 Å². The lowest BCUT2D eigenvalue weighted by Gasteiger charge is -2.28. The standard InChI is InChI=1S/C16H19NS/c17-12-16(10-8-14-5-3-11-18-14)9-7-13-4-1-2-6-15(13)16/h1-6,11H,7-10,12,17H2. The first kappa shape index (κ1) is 11.9. The summed E-state index contributed by atoms with van der Waals surface area (Å²) in [6, 6.07) is 13.2. The van der Waals surface area contributed by atoms with Gasteiger partial charge in [0.2, 0.25) is 0 Å². The summed E-state index contributed by atoms with van der Waals surface area (Å²) in [6.45, 7) is 0.773. The van der Waals surface area contributed by atoms with E-state index >= 15 is 0 Å². The lowest BCUT2D eigenvalue weighted by molar-refractivity contribution is 0.403. The van der Waals surface area contributed by atoms with Gasteiger partial charge >= 0.3 is 0 Å². The van der Waals surface area contributed by atoms with E-state index in [4.69, 9.17) is 5.73 Å². The molecule has 2 N–H and O–H groups in total. The molecule has 0 amide bonds. The molecule has 1 heterocycles. The highest BCUT2D eigenvalue weighted by Gasteiger charge is 2.36. The van der Waals surface area contributed by atoms with Crippen LogP contribution in [-0.4, -0.2) is 6.54 Å². The third-order valence-electron chi connectivity index (χ3n) is 4.28. The predicted octanol–water partition coefficient (Wildman–Crippen LogP) is 3.52.